The Balaban J connectivity index is 2.07. The highest BCUT2D eigenvalue weighted by Crippen LogP contribution is 2.17. The average Bonchev–Trinajstić information content (AvgIpc) is 3.03. The van der Waals surface area contributed by atoms with Crippen LogP contribution in [0.1, 0.15) is 0 Å². The molecule has 0 atom stereocenters. The summed E-state index contributed by atoms with van der Waals surface area (Å²) >= 11 is 0. The molecule has 0 fully saturated rings. The fraction of sp³-hybridized carbons (Fsp3) is 0. The van der Waals surface area contributed by atoms with Crippen molar-refractivity contribution >= 4 is 0 Å². The van der Waals surface area contributed by atoms with E-state index in [1.54, 1.807) is 31.1 Å². The topological polar surface area (TPSA) is 72.3 Å². The third-order valence-corrected chi connectivity index (χ3v) is 2.24. The number of pyridine rings is 1. The lowest BCUT2D eigenvalue weighted by molar-refractivity contribution is 0.941. The summed E-state index contributed by atoms with van der Waals surface area (Å²) in [5.41, 5.74) is 2.63. The van der Waals surface area contributed by atoms with Gasteiger partial charge in [-0.15, -0.1) is 0 Å². The first-order valence-electron chi connectivity index (χ1n) is 4.73. The molecule has 0 saturated carbocycles. The zero-order valence-corrected chi connectivity index (χ0v) is 8.28. The summed E-state index contributed by atoms with van der Waals surface area (Å²) < 4.78 is 1.89. The molecule has 6 heteroatoms. The summed E-state index contributed by atoms with van der Waals surface area (Å²) in [6.45, 7) is 0. The van der Waals surface area contributed by atoms with E-state index in [-0.39, 0.29) is 0 Å². The fourth-order valence-corrected chi connectivity index (χ4v) is 1.46. The molecule has 3 heterocycles. The summed E-state index contributed by atoms with van der Waals surface area (Å²) in [4.78, 5) is 8.16. The van der Waals surface area contributed by atoms with Crippen LogP contribution in [0.2, 0.25) is 0 Å². The number of aromatic amines is 1. The van der Waals surface area contributed by atoms with Crippen LogP contribution in [0.15, 0.2) is 43.4 Å². The first-order chi connectivity index (χ1) is 7.93. The SMILES string of the molecule is c1cn(-c2cncc(-c3cn[nH]n3)c2)cn1. The van der Waals surface area contributed by atoms with Crippen molar-refractivity contribution in [2.45, 2.75) is 0 Å². The number of rotatable bonds is 2. The van der Waals surface area contributed by atoms with Gasteiger partial charge in [-0.3, -0.25) is 4.98 Å². The molecule has 0 aliphatic heterocycles. The number of nitrogens with one attached hydrogen (secondary N) is 1. The van der Waals surface area contributed by atoms with E-state index in [1.807, 2.05) is 16.8 Å². The van der Waals surface area contributed by atoms with Gasteiger partial charge in [0, 0.05) is 24.2 Å². The van der Waals surface area contributed by atoms with Gasteiger partial charge in [0.05, 0.1) is 24.4 Å². The minimum Gasteiger partial charge on any atom is -0.305 e. The van der Waals surface area contributed by atoms with Crippen molar-refractivity contribution in [1.82, 2.24) is 29.9 Å². The van der Waals surface area contributed by atoms with Crippen LogP contribution in [-0.4, -0.2) is 29.9 Å². The van der Waals surface area contributed by atoms with E-state index in [1.165, 1.54) is 0 Å². The zero-order valence-electron chi connectivity index (χ0n) is 8.28. The second kappa shape index (κ2) is 3.58. The molecule has 0 unspecified atom stereocenters. The number of hydrogen-bond acceptors (Lipinski definition) is 4. The van der Waals surface area contributed by atoms with Gasteiger partial charge in [-0.25, -0.2) is 4.98 Å². The van der Waals surface area contributed by atoms with E-state index in [2.05, 4.69) is 25.4 Å². The molecule has 3 rings (SSSR count). The Hall–Kier alpha value is -2.50. The normalized spacial score (nSPS) is 10.5. The first-order valence-corrected chi connectivity index (χ1v) is 4.73. The molecular weight excluding hydrogens is 204 g/mol. The largest absolute Gasteiger partial charge is 0.305 e. The van der Waals surface area contributed by atoms with Gasteiger partial charge in [-0.05, 0) is 6.07 Å². The second-order valence-corrected chi connectivity index (χ2v) is 3.26. The molecule has 3 aromatic rings. The standard InChI is InChI=1S/C10H8N6/c1-2-16(7-11-1)9-3-8(4-12-5-9)10-6-13-15-14-10/h1-7H,(H,13,14,15). The predicted octanol–water partition coefficient (Wildman–Crippen LogP) is 1.05. The van der Waals surface area contributed by atoms with E-state index in [4.69, 9.17) is 0 Å². The van der Waals surface area contributed by atoms with Crippen LogP contribution < -0.4 is 0 Å². The van der Waals surface area contributed by atoms with Crippen LogP contribution in [0.5, 0.6) is 0 Å². The quantitative estimate of drug-likeness (QED) is 0.689. The molecule has 0 bridgehead atoms. The Morgan fingerprint density at radius 2 is 2.12 bits per heavy atom. The van der Waals surface area contributed by atoms with Gasteiger partial charge in [0.1, 0.15) is 5.69 Å². The molecule has 0 aliphatic carbocycles. The van der Waals surface area contributed by atoms with Gasteiger partial charge < -0.3 is 4.57 Å². The van der Waals surface area contributed by atoms with Crippen LogP contribution in [0, 0.1) is 0 Å². The molecule has 78 valence electrons. The highest BCUT2D eigenvalue weighted by Gasteiger charge is 2.03. The Bertz CT molecular complexity index is 520. The highest BCUT2D eigenvalue weighted by molar-refractivity contribution is 5.59. The fourth-order valence-electron chi connectivity index (χ4n) is 1.46. The van der Waals surface area contributed by atoms with Crippen LogP contribution in [0.3, 0.4) is 0 Å². The van der Waals surface area contributed by atoms with Gasteiger partial charge >= 0.3 is 0 Å². The third kappa shape index (κ3) is 1.46. The first kappa shape index (κ1) is 8.78. The predicted molar refractivity (Wildman–Crippen MR) is 56.7 cm³/mol. The number of aromatic nitrogens is 6. The second-order valence-electron chi connectivity index (χ2n) is 3.26. The lowest BCUT2D eigenvalue weighted by atomic mass is 10.2. The van der Waals surface area contributed by atoms with Crippen molar-refractivity contribution in [3.8, 4) is 16.9 Å². The number of nitrogens with zero attached hydrogens (tertiary/aromatic N) is 5. The summed E-state index contributed by atoms with van der Waals surface area (Å²) in [6.07, 6.45) is 10.5. The number of imidazole rings is 1. The summed E-state index contributed by atoms with van der Waals surface area (Å²) in [5, 5.41) is 10.4. The Morgan fingerprint density at radius 1 is 1.12 bits per heavy atom. The van der Waals surface area contributed by atoms with Crippen LogP contribution in [-0.2, 0) is 0 Å². The molecule has 0 aromatic carbocycles. The Labute approximate surface area is 91.0 Å². The van der Waals surface area contributed by atoms with Crippen molar-refractivity contribution < 1.29 is 0 Å². The van der Waals surface area contributed by atoms with Crippen LogP contribution in [0.25, 0.3) is 16.9 Å². The van der Waals surface area contributed by atoms with Crippen molar-refractivity contribution in [3.63, 3.8) is 0 Å². The maximum Gasteiger partial charge on any atom is 0.114 e. The van der Waals surface area contributed by atoms with E-state index < -0.39 is 0 Å². The monoisotopic (exact) mass is 212 g/mol. The van der Waals surface area contributed by atoms with Crippen LogP contribution in [0.4, 0.5) is 0 Å². The van der Waals surface area contributed by atoms with Gasteiger partial charge in [0.2, 0.25) is 0 Å². The van der Waals surface area contributed by atoms with Gasteiger partial charge in [0.25, 0.3) is 0 Å². The van der Waals surface area contributed by atoms with E-state index >= 15 is 0 Å². The maximum absolute atomic E-state index is 4.17. The van der Waals surface area contributed by atoms with Crippen molar-refractivity contribution in [2.24, 2.45) is 0 Å². The molecular formula is C10H8N6. The molecule has 16 heavy (non-hydrogen) atoms. The summed E-state index contributed by atoms with van der Waals surface area (Å²) in [6, 6.07) is 1.98. The summed E-state index contributed by atoms with van der Waals surface area (Å²) in [7, 11) is 0. The van der Waals surface area contributed by atoms with Crippen LogP contribution >= 0.6 is 0 Å². The van der Waals surface area contributed by atoms with Crippen molar-refractivity contribution in [3.05, 3.63) is 43.4 Å². The molecule has 0 aliphatic rings. The number of hydrogen-bond donors (Lipinski definition) is 1. The van der Waals surface area contributed by atoms with Crippen molar-refractivity contribution in [2.75, 3.05) is 0 Å². The van der Waals surface area contributed by atoms with E-state index in [9.17, 15) is 0 Å². The smallest absolute Gasteiger partial charge is 0.114 e. The van der Waals surface area contributed by atoms with E-state index in [0.717, 1.165) is 16.9 Å². The molecule has 0 radical (unpaired) electrons. The lowest BCUT2D eigenvalue weighted by Crippen LogP contribution is -1.92. The van der Waals surface area contributed by atoms with Gasteiger partial charge in [-0.2, -0.15) is 15.4 Å². The average molecular weight is 212 g/mol. The van der Waals surface area contributed by atoms with Gasteiger partial charge in [-0.1, -0.05) is 0 Å². The highest BCUT2D eigenvalue weighted by atomic mass is 15.3. The molecule has 1 N–H and O–H groups in total. The maximum atomic E-state index is 4.17. The number of H-pyrrole nitrogens is 1. The molecule has 0 spiro atoms. The van der Waals surface area contributed by atoms with Gasteiger partial charge in [0.15, 0.2) is 0 Å². The van der Waals surface area contributed by atoms with E-state index in [0.29, 0.717) is 0 Å². The molecule has 0 amide bonds. The van der Waals surface area contributed by atoms with Crippen molar-refractivity contribution in [1.29, 1.82) is 0 Å². The minimum atomic E-state index is 0.773. The molecule has 6 nitrogen and oxygen atoms in total. The minimum absolute atomic E-state index is 0.773. The Kier molecular flexibility index (Phi) is 1.96. The Morgan fingerprint density at radius 3 is 2.88 bits per heavy atom. The molecule has 0 saturated heterocycles. The third-order valence-electron chi connectivity index (χ3n) is 2.24. The summed E-state index contributed by atoms with van der Waals surface area (Å²) in [5.74, 6) is 0. The lowest BCUT2D eigenvalue weighted by Gasteiger charge is -2.02. The molecule has 3 aromatic heterocycles. The zero-order chi connectivity index (χ0) is 10.8.